The highest BCUT2D eigenvalue weighted by Gasteiger charge is 2.32. The summed E-state index contributed by atoms with van der Waals surface area (Å²) >= 11 is 1.67. The molecule has 1 aromatic carbocycles. The number of hydrogen-bond acceptors (Lipinski definition) is 2. The van der Waals surface area contributed by atoms with Crippen LogP contribution in [0, 0.1) is 5.92 Å². The Balaban J connectivity index is 2.24. The number of alkyl halides is 3. The zero-order valence-electron chi connectivity index (χ0n) is 8.96. The molecule has 0 bridgehead atoms. The van der Waals surface area contributed by atoms with E-state index in [2.05, 4.69) is 0 Å². The van der Waals surface area contributed by atoms with E-state index in [1.54, 1.807) is 11.8 Å². The zero-order chi connectivity index (χ0) is 12.5. The van der Waals surface area contributed by atoms with Crippen molar-refractivity contribution in [1.82, 2.24) is 0 Å². The molecular formula is C12H11F3OS. The monoisotopic (exact) mass is 260 g/mol. The van der Waals surface area contributed by atoms with Gasteiger partial charge in [-0.1, -0.05) is 12.1 Å². The van der Waals surface area contributed by atoms with Gasteiger partial charge in [0.15, 0.2) is 5.78 Å². The fraction of sp³-hybridized carbons (Fsp3) is 0.417. The largest absolute Gasteiger partial charge is 0.416 e. The summed E-state index contributed by atoms with van der Waals surface area (Å²) in [5.41, 5.74) is -0.582. The summed E-state index contributed by atoms with van der Waals surface area (Å²) in [4.78, 5) is 11.9. The predicted octanol–water partition coefficient (Wildman–Crippen LogP) is 3.64. The standard InChI is InChI=1S/C12H11F3OS/c13-12(14,15)10-3-1-2-8(6-10)11(16)9-4-5-17-7-9/h1-3,6,9H,4-5,7H2. The van der Waals surface area contributed by atoms with Crippen LogP contribution in [-0.2, 0) is 6.18 Å². The van der Waals surface area contributed by atoms with Gasteiger partial charge in [0.2, 0.25) is 0 Å². The maximum atomic E-state index is 12.5. The number of carbonyl (C=O) groups excluding carboxylic acids is 1. The Morgan fingerprint density at radius 1 is 1.35 bits per heavy atom. The lowest BCUT2D eigenvalue weighted by Gasteiger charge is -2.10. The summed E-state index contributed by atoms with van der Waals surface area (Å²) in [7, 11) is 0. The second kappa shape index (κ2) is 4.72. The molecule has 1 atom stereocenters. The van der Waals surface area contributed by atoms with E-state index in [9.17, 15) is 18.0 Å². The lowest BCUT2D eigenvalue weighted by atomic mass is 9.96. The molecule has 0 spiro atoms. The minimum atomic E-state index is -4.39. The predicted molar refractivity (Wildman–Crippen MR) is 61.2 cm³/mol. The molecule has 0 amide bonds. The molecule has 0 N–H and O–H groups in total. The molecule has 1 nitrogen and oxygen atoms in total. The third kappa shape index (κ3) is 2.83. The van der Waals surface area contributed by atoms with Crippen molar-refractivity contribution >= 4 is 17.5 Å². The molecule has 0 saturated carbocycles. The van der Waals surface area contributed by atoms with E-state index < -0.39 is 11.7 Å². The van der Waals surface area contributed by atoms with Crippen LogP contribution in [0.3, 0.4) is 0 Å². The number of benzene rings is 1. The number of carbonyl (C=O) groups is 1. The first kappa shape index (κ1) is 12.5. The summed E-state index contributed by atoms with van der Waals surface area (Å²) in [6.07, 6.45) is -3.62. The summed E-state index contributed by atoms with van der Waals surface area (Å²) in [5.74, 6) is 1.34. The molecule has 1 unspecified atom stereocenters. The highest BCUT2D eigenvalue weighted by Crippen LogP contribution is 2.31. The molecule has 1 aliphatic heterocycles. The van der Waals surface area contributed by atoms with E-state index in [-0.39, 0.29) is 17.3 Å². The smallest absolute Gasteiger partial charge is 0.294 e. The number of hydrogen-bond donors (Lipinski definition) is 0. The fourth-order valence-corrected chi connectivity index (χ4v) is 3.05. The van der Waals surface area contributed by atoms with Crippen LogP contribution in [0.25, 0.3) is 0 Å². The molecule has 92 valence electrons. The Labute approximate surface area is 101 Å². The second-order valence-electron chi connectivity index (χ2n) is 4.00. The van der Waals surface area contributed by atoms with Gasteiger partial charge in [-0.2, -0.15) is 24.9 Å². The van der Waals surface area contributed by atoms with Gasteiger partial charge in [0.1, 0.15) is 0 Å². The molecule has 0 aromatic heterocycles. The first-order chi connectivity index (χ1) is 7.98. The van der Waals surface area contributed by atoms with E-state index in [1.807, 2.05) is 0 Å². The van der Waals surface area contributed by atoms with Crippen molar-refractivity contribution < 1.29 is 18.0 Å². The molecule has 1 saturated heterocycles. The van der Waals surface area contributed by atoms with Crippen LogP contribution >= 0.6 is 11.8 Å². The number of Topliss-reactive ketones (excluding diaryl/α,β-unsaturated/α-hetero) is 1. The van der Waals surface area contributed by atoms with Gasteiger partial charge in [0.05, 0.1) is 5.56 Å². The zero-order valence-corrected chi connectivity index (χ0v) is 9.77. The van der Waals surface area contributed by atoms with Crippen molar-refractivity contribution in [3.63, 3.8) is 0 Å². The topological polar surface area (TPSA) is 17.1 Å². The number of halogens is 3. The van der Waals surface area contributed by atoms with Gasteiger partial charge in [0, 0.05) is 17.2 Å². The van der Waals surface area contributed by atoms with E-state index in [0.29, 0.717) is 0 Å². The van der Waals surface area contributed by atoms with Gasteiger partial charge in [-0.3, -0.25) is 4.79 Å². The average Bonchev–Trinajstić information content (AvgIpc) is 2.80. The van der Waals surface area contributed by atoms with Crippen molar-refractivity contribution in [3.05, 3.63) is 35.4 Å². The Morgan fingerprint density at radius 2 is 2.12 bits per heavy atom. The van der Waals surface area contributed by atoms with Crippen molar-refractivity contribution in [2.24, 2.45) is 5.92 Å². The van der Waals surface area contributed by atoms with Crippen molar-refractivity contribution in [2.75, 3.05) is 11.5 Å². The van der Waals surface area contributed by atoms with Crippen LogP contribution in [0.2, 0.25) is 0 Å². The van der Waals surface area contributed by atoms with Crippen LogP contribution < -0.4 is 0 Å². The van der Waals surface area contributed by atoms with Crippen molar-refractivity contribution in [3.8, 4) is 0 Å². The molecule has 1 aliphatic rings. The maximum Gasteiger partial charge on any atom is 0.416 e. The number of rotatable bonds is 2. The number of thioether (sulfide) groups is 1. The molecule has 1 fully saturated rings. The van der Waals surface area contributed by atoms with Gasteiger partial charge in [-0.05, 0) is 24.3 Å². The Hall–Kier alpha value is -0.970. The fourth-order valence-electron chi connectivity index (χ4n) is 1.83. The van der Waals surface area contributed by atoms with Crippen LogP contribution in [0.15, 0.2) is 24.3 Å². The van der Waals surface area contributed by atoms with Gasteiger partial charge in [0.25, 0.3) is 0 Å². The van der Waals surface area contributed by atoms with E-state index in [4.69, 9.17) is 0 Å². The quantitative estimate of drug-likeness (QED) is 0.755. The third-order valence-electron chi connectivity index (χ3n) is 2.77. The Kier molecular flexibility index (Phi) is 3.47. The van der Waals surface area contributed by atoms with Gasteiger partial charge in [-0.25, -0.2) is 0 Å². The highest BCUT2D eigenvalue weighted by molar-refractivity contribution is 7.99. The molecule has 0 aliphatic carbocycles. The maximum absolute atomic E-state index is 12.5. The Morgan fingerprint density at radius 3 is 2.71 bits per heavy atom. The molecule has 2 rings (SSSR count). The normalized spacial score (nSPS) is 20.5. The summed E-state index contributed by atoms with van der Waals surface area (Å²) in [5, 5.41) is 0. The van der Waals surface area contributed by atoms with Crippen LogP contribution in [0.5, 0.6) is 0 Å². The van der Waals surface area contributed by atoms with Gasteiger partial charge >= 0.3 is 6.18 Å². The highest BCUT2D eigenvalue weighted by atomic mass is 32.2. The summed E-state index contributed by atoms with van der Waals surface area (Å²) in [6, 6.07) is 4.68. The lowest BCUT2D eigenvalue weighted by Crippen LogP contribution is -2.15. The molecule has 5 heteroatoms. The molecule has 1 aromatic rings. The van der Waals surface area contributed by atoms with Crippen LogP contribution in [-0.4, -0.2) is 17.3 Å². The van der Waals surface area contributed by atoms with Gasteiger partial charge < -0.3 is 0 Å². The number of ketones is 1. The van der Waals surface area contributed by atoms with E-state index in [0.717, 1.165) is 30.1 Å². The molecule has 0 radical (unpaired) electrons. The Bertz CT molecular complexity index is 422. The average molecular weight is 260 g/mol. The first-order valence-electron chi connectivity index (χ1n) is 5.27. The van der Waals surface area contributed by atoms with E-state index in [1.165, 1.54) is 12.1 Å². The first-order valence-corrected chi connectivity index (χ1v) is 6.43. The van der Waals surface area contributed by atoms with Gasteiger partial charge in [-0.15, -0.1) is 0 Å². The molecule has 1 heterocycles. The van der Waals surface area contributed by atoms with Crippen molar-refractivity contribution in [1.29, 1.82) is 0 Å². The lowest BCUT2D eigenvalue weighted by molar-refractivity contribution is -0.137. The SMILES string of the molecule is O=C(c1cccc(C(F)(F)F)c1)C1CCSC1. The second-order valence-corrected chi connectivity index (χ2v) is 5.15. The van der Waals surface area contributed by atoms with E-state index >= 15 is 0 Å². The molecule has 17 heavy (non-hydrogen) atoms. The third-order valence-corrected chi connectivity index (χ3v) is 3.94. The minimum absolute atomic E-state index is 0.122. The van der Waals surface area contributed by atoms with Crippen LogP contribution in [0.4, 0.5) is 13.2 Å². The molecular weight excluding hydrogens is 249 g/mol. The summed E-state index contributed by atoms with van der Waals surface area (Å²) in [6.45, 7) is 0. The van der Waals surface area contributed by atoms with Crippen LogP contribution in [0.1, 0.15) is 22.3 Å². The summed E-state index contributed by atoms with van der Waals surface area (Å²) < 4.78 is 37.5. The van der Waals surface area contributed by atoms with Crippen molar-refractivity contribution in [2.45, 2.75) is 12.6 Å². The minimum Gasteiger partial charge on any atom is -0.294 e.